The van der Waals surface area contributed by atoms with E-state index in [1.165, 1.54) is 0 Å². The van der Waals surface area contributed by atoms with Crippen LogP contribution in [-0.4, -0.2) is 59.0 Å². The maximum absolute atomic E-state index is 13.1. The molecule has 9 nitrogen and oxygen atoms in total. The molecule has 2 amide bonds. The number of fused-ring (bicyclic) bond motifs is 1. The van der Waals surface area contributed by atoms with Crippen LogP contribution in [0.3, 0.4) is 0 Å². The third-order valence-electron chi connectivity index (χ3n) is 5.46. The van der Waals surface area contributed by atoms with Crippen molar-refractivity contribution in [2.75, 3.05) is 27.3 Å². The minimum atomic E-state index is -0.258. The second-order valence-corrected chi connectivity index (χ2v) is 7.55. The van der Waals surface area contributed by atoms with Gasteiger partial charge >= 0.3 is 0 Å². The van der Waals surface area contributed by atoms with Crippen molar-refractivity contribution >= 4 is 11.8 Å². The highest BCUT2D eigenvalue weighted by Crippen LogP contribution is 2.30. The van der Waals surface area contributed by atoms with Crippen LogP contribution in [0.4, 0.5) is 0 Å². The van der Waals surface area contributed by atoms with Gasteiger partial charge in [-0.25, -0.2) is 9.97 Å². The molecule has 1 aliphatic heterocycles. The molecule has 1 aliphatic rings. The monoisotopic (exact) mass is 447 g/mol. The molecule has 3 aromatic rings. The number of methoxy groups -OCH3 is 2. The van der Waals surface area contributed by atoms with Crippen LogP contribution in [0.15, 0.2) is 48.9 Å². The zero-order valence-electron chi connectivity index (χ0n) is 18.6. The highest BCUT2D eigenvalue weighted by atomic mass is 16.5. The molecule has 170 valence electrons. The highest BCUT2D eigenvalue weighted by Gasteiger charge is 2.26. The average molecular weight is 447 g/mol. The van der Waals surface area contributed by atoms with Gasteiger partial charge < -0.3 is 19.7 Å². The fourth-order valence-corrected chi connectivity index (χ4v) is 3.80. The lowest BCUT2D eigenvalue weighted by molar-refractivity contribution is -0.122. The van der Waals surface area contributed by atoms with Gasteiger partial charge in [-0.3, -0.25) is 14.6 Å². The molecule has 0 fully saturated rings. The number of carbonyl (C=O) groups excluding carboxylic acids is 2. The number of nitrogens with one attached hydrogen (secondary N) is 1. The van der Waals surface area contributed by atoms with Gasteiger partial charge in [0.1, 0.15) is 0 Å². The van der Waals surface area contributed by atoms with Crippen LogP contribution in [-0.2, 0) is 17.8 Å². The Balaban J connectivity index is 1.43. The molecule has 0 saturated heterocycles. The molecule has 0 spiro atoms. The second-order valence-electron chi connectivity index (χ2n) is 7.55. The number of benzene rings is 1. The van der Waals surface area contributed by atoms with Crippen molar-refractivity contribution < 1.29 is 19.1 Å². The first-order valence-electron chi connectivity index (χ1n) is 10.6. The number of amides is 2. The van der Waals surface area contributed by atoms with Gasteiger partial charge in [0.25, 0.3) is 5.91 Å². The van der Waals surface area contributed by atoms with Crippen molar-refractivity contribution in [2.45, 2.75) is 19.4 Å². The SMILES string of the molecule is COc1cccc(CNC(=O)CN2CCCc3nc(-c4ccncc4)ncc3C2=O)c1OC. The lowest BCUT2D eigenvalue weighted by Gasteiger charge is -2.20. The molecule has 4 rings (SSSR count). The van der Waals surface area contributed by atoms with Crippen molar-refractivity contribution in [3.05, 3.63) is 65.7 Å². The number of aromatic nitrogens is 3. The Morgan fingerprint density at radius 1 is 1.15 bits per heavy atom. The molecule has 2 aromatic heterocycles. The zero-order chi connectivity index (χ0) is 23.2. The standard InChI is InChI=1S/C24H25N5O4/c1-32-20-7-3-5-17(22(20)33-2)13-26-21(30)15-29-12-4-6-19-18(24(29)31)14-27-23(28-19)16-8-10-25-11-9-16/h3,5,7-11,14H,4,6,12-13,15H2,1-2H3,(H,26,30). The Kier molecular flexibility index (Phi) is 6.77. The first kappa shape index (κ1) is 22.2. The van der Waals surface area contributed by atoms with Crippen LogP contribution in [0.25, 0.3) is 11.4 Å². The second kappa shape index (κ2) is 10.1. The van der Waals surface area contributed by atoms with Crippen molar-refractivity contribution in [1.82, 2.24) is 25.2 Å². The van der Waals surface area contributed by atoms with Crippen molar-refractivity contribution in [3.8, 4) is 22.9 Å². The van der Waals surface area contributed by atoms with Crippen molar-refractivity contribution in [3.63, 3.8) is 0 Å². The molecule has 0 unspecified atom stereocenters. The first-order valence-corrected chi connectivity index (χ1v) is 10.6. The van der Waals surface area contributed by atoms with Gasteiger partial charge in [0.05, 0.1) is 32.0 Å². The van der Waals surface area contributed by atoms with Crippen LogP contribution in [0.1, 0.15) is 28.0 Å². The van der Waals surface area contributed by atoms with E-state index in [9.17, 15) is 9.59 Å². The molecule has 9 heteroatoms. The zero-order valence-corrected chi connectivity index (χ0v) is 18.6. The smallest absolute Gasteiger partial charge is 0.257 e. The summed E-state index contributed by atoms with van der Waals surface area (Å²) >= 11 is 0. The van der Waals surface area contributed by atoms with E-state index in [2.05, 4.69) is 20.3 Å². The largest absolute Gasteiger partial charge is 0.493 e. The third kappa shape index (κ3) is 4.92. The Morgan fingerprint density at radius 2 is 1.97 bits per heavy atom. The number of carbonyl (C=O) groups is 2. The Hall–Kier alpha value is -4.01. The molecule has 1 N–H and O–H groups in total. The molecular weight excluding hydrogens is 422 g/mol. The van der Waals surface area contributed by atoms with E-state index in [4.69, 9.17) is 9.47 Å². The van der Waals surface area contributed by atoms with Crippen molar-refractivity contribution in [1.29, 1.82) is 0 Å². The number of rotatable bonds is 7. The molecule has 1 aromatic carbocycles. The topological polar surface area (TPSA) is 107 Å². The summed E-state index contributed by atoms with van der Waals surface area (Å²) in [4.78, 5) is 40.3. The summed E-state index contributed by atoms with van der Waals surface area (Å²) in [6.45, 7) is 0.683. The minimum absolute atomic E-state index is 0.0450. The fourth-order valence-electron chi connectivity index (χ4n) is 3.80. The lowest BCUT2D eigenvalue weighted by Crippen LogP contribution is -2.40. The van der Waals surface area contributed by atoms with Crippen LogP contribution in [0, 0.1) is 0 Å². The van der Waals surface area contributed by atoms with E-state index in [0.29, 0.717) is 48.0 Å². The Morgan fingerprint density at radius 3 is 2.73 bits per heavy atom. The normalized spacial score (nSPS) is 13.2. The number of hydrogen-bond donors (Lipinski definition) is 1. The predicted octanol–water partition coefficient (Wildman–Crippen LogP) is 2.26. The molecule has 0 atom stereocenters. The van der Waals surface area contributed by atoms with E-state index in [-0.39, 0.29) is 24.9 Å². The molecule has 0 bridgehead atoms. The summed E-state index contributed by atoms with van der Waals surface area (Å²) in [5, 5.41) is 2.86. The molecule has 0 aliphatic carbocycles. The number of para-hydroxylation sites is 1. The summed E-state index contributed by atoms with van der Waals surface area (Å²) in [5.74, 6) is 1.23. The predicted molar refractivity (Wildman–Crippen MR) is 121 cm³/mol. The van der Waals surface area contributed by atoms with Crippen LogP contribution < -0.4 is 14.8 Å². The van der Waals surface area contributed by atoms with Gasteiger partial charge in [-0.15, -0.1) is 0 Å². The summed E-state index contributed by atoms with van der Waals surface area (Å²) in [5.41, 5.74) is 2.77. The maximum Gasteiger partial charge on any atom is 0.257 e. The fraction of sp³-hybridized carbons (Fsp3) is 0.292. The minimum Gasteiger partial charge on any atom is -0.493 e. The van der Waals surface area contributed by atoms with Gasteiger partial charge in [0.2, 0.25) is 5.91 Å². The van der Waals surface area contributed by atoms with E-state index < -0.39 is 0 Å². The van der Waals surface area contributed by atoms with Crippen LogP contribution in [0.2, 0.25) is 0 Å². The van der Waals surface area contributed by atoms with E-state index in [0.717, 1.165) is 11.1 Å². The molecular formula is C24H25N5O4. The maximum atomic E-state index is 13.1. The molecule has 3 heterocycles. The Labute approximate surface area is 191 Å². The highest BCUT2D eigenvalue weighted by molar-refractivity contribution is 5.97. The molecule has 0 saturated carbocycles. The molecule has 33 heavy (non-hydrogen) atoms. The van der Waals surface area contributed by atoms with E-state index in [1.807, 2.05) is 24.3 Å². The summed E-state index contributed by atoms with van der Waals surface area (Å²) in [6.07, 6.45) is 6.26. The van der Waals surface area contributed by atoms with E-state index in [1.54, 1.807) is 43.8 Å². The molecule has 0 radical (unpaired) electrons. The number of nitrogens with zero attached hydrogens (tertiary/aromatic N) is 4. The van der Waals surface area contributed by atoms with Gasteiger partial charge in [-0.2, -0.15) is 0 Å². The number of hydrogen-bond acceptors (Lipinski definition) is 7. The summed E-state index contributed by atoms with van der Waals surface area (Å²) < 4.78 is 10.7. The quantitative estimate of drug-likeness (QED) is 0.592. The van der Waals surface area contributed by atoms with Gasteiger partial charge in [0, 0.05) is 42.8 Å². The van der Waals surface area contributed by atoms with Crippen molar-refractivity contribution in [2.24, 2.45) is 0 Å². The lowest BCUT2D eigenvalue weighted by atomic mass is 10.1. The van der Waals surface area contributed by atoms with Crippen LogP contribution in [0.5, 0.6) is 11.5 Å². The summed E-state index contributed by atoms with van der Waals surface area (Å²) in [7, 11) is 3.12. The number of aryl methyl sites for hydroxylation is 1. The summed E-state index contributed by atoms with van der Waals surface area (Å²) in [6, 6.07) is 9.13. The number of pyridine rings is 1. The first-order chi connectivity index (χ1) is 16.1. The Bertz CT molecular complexity index is 1150. The van der Waals surface area contributed by atoms with Gasteiger partial charge in [-0.05, 0) is 31.0 Å². The van der Waals surface area contributed by atoms with Gasteiger partial charge in [-0.1, -0.05) is 12.1 Å². The third-order valence-corrected chi connectivity index (χ3v) is 5.46. The van der Waals surface area contributed by atoms with Gasteiger partial charge in [0.15, 0.2) is 17.3 Å². The van der Waals surface area contributed by atoms with Crippen LogP contribution >= 0.6 is 0 Å². The average Bonchev–Trinajstić information content (AvgIpc) is 3.01. The van der Waals surface area contributed by atoms with E-state index >= 15 is 0 Å². The number of ether oxygens (including phenoxy) is 2.